The predicted molar refractivity (Wildman–Crippen MR) is 70.9 cm³/mol. The lowest BCUT2D eigenvalue weighted by Crippen LogP contribution is -2.19. The minimum absolute atomic E-state index is 0.0707. The minimum Gasteiger partial charge on any atom is -0.399 e. The third-order valence-electron chi connectivity index (χ3n) is 3.31. The monoisotopic (exact) mass is 243 g/mol. The summed E-state index contributed by atoms with van der Waals surface area (Å²) in [7, 11) is 0. The molecule has 3 rings (SSSR count). The van der Waals surface area contributed by atoms with Crippen molar-refractivity contribution in [2.24, 2.45) is 0 Å². The van der Waals surface area contributed by atoms with Gasteiger partial charge >= 0.3 is 0 Å². The van der Waals surface area contributed by atoms with E-state index in [4.69, 9.17) is 10.5 Å². The van der Waals surface area contributed by atoms with Crippen LogP contribution in [0.4, 0.5) is 5.69 Å². The quantitative estimate of drug-likeness (QED) is 0.825. The third-order valence-corrected chi connectivity index (χ3v) is 3.31. The zero-order valence-corrected chi connectivity index (χ0v) is 10.2. The lowest BCUT2D eigenvalue weighted by Gasteiger charge is -2.24. The van der Waals surface area contributed by atoms with E-state index in [2.05, 4.69) is 5.10 Å². The number of rotatable bonds is 2. The molecule has 1 unspecified atom stereocenters. The van der Waals surface area contributed by atoms with Crippen LogP contribution in [0.5, 0.6) is 0 Å². The number of nitrogen functional groups attached to an aromatic ring is 1. The van der Waals surface area contributed by atoms with Gasteiger partial charge in [0.1, 0.15) is 0 Å². The molecule has 4 nitrogen and oxygen atoms in total. The molecule has 0 bridgehead atoms. The molecule has 1 fully saturated rings. The van der Waals surface area contributed by atoms with Gasteiger partial charge in [0.15, 0.2) is 6.23 Å². The second-order valence-corrected chi connectivity index (χ2v) is 4.60. The maximum absolute atomic E-state index is 5.78. The Hall–Kier alpha value is -1.81. The lowest BCUT2D eigenvalue weighted by molar-refractivity contribution is -0.0383. The van der Waals surface area contributed by atoms with Crippen molar-refractivity contribution in [3.05, 3.63) is 36.5 Å². The summed E-state index contributed by atoms with van der Waals surface area (Å²) in [6, 6.07) is 9.88. The molecule has 0 amide bonds. The number of hydrogen-bond donors (Lipinski definition) is 1. The normalized spacial score (nSPS) is 19.9. The van der Waals surface area contributed by atoms with Crippen molar-refractivity contribution >= 4 is 5.69 Å². The Bertz CT molecular complexity index is 512. The first-order valence-electron chi connectivity index (χ1n) is 6.35. The van der Waals surface area contributed by atoms with E-state index in [1.807, 2.05) is 41.2 Å². The van der Waals surface area contributed by atoms with Crippen LogP contribution in [0, 0.1) is 0 Å². The van der Waals surface area contributed by atoms with Gasteiger partial charge in [0.25, 0.3) is 0 Å². The standard InChI is InChI=1S/C14H17N3O/c15-12-6-4-11(5-7-12)13-8-9-16-17(13)14-3-1-2-10-18-14/h4-9,14H,1-3,10,15H2. The Labute approximate surface area is 106 Å². The highest BCUT2D eigenvalue weighted by atomic mass is 16.5. The van der Waals surface area contributed by atoms with Crippen molar-refractivity contribution in [3.8, 4) is 11.3 Å². The highest BCUT2D eigenvalue weighted by molar-refractivity contribution is 5.62. The fraction of sp³-hybridized carbons (Fsp3) is 0.357. The highest BCUT2D eigenvalue weighted by Gasteiger charge is 2.19. The van der Waals surface area contributed by atoms with Crippen molar-refractivity contribution in [2.45, 2.75) is 25.5 Å². The molecule has 2 heterocycles. The maximum Gasteiger partial charge on any atom is 0.150 e. The average molecular weight is 243 g/mol. The smallest absolute Gasteiger partial charge is 0.150 e. The summed E-state index contributed by atoms with van der Waals surface area (Å²) in [4.78, 5) is 0. The van der Waals surface area contributed by atoms with Crippen molar-refractivity contribution in [2.75, 3.05) is 12.3 Å². The molecule has 18 heavy (non-hydrogen) atoms. The zero-order chi connectivity index (χ0) is 12.4. The van der Waals surface area contributed by atoms with E-state index in [-0.39, 0.29) is 6.23 Å². The van der Waals surface area contributed by atoms with Crippen LogP contribution in [0.2, 0.25) is 0 Å². The molecule has 1 aliphatic rings. The van der Waals surface area contributed by atoms with E-state index in [0.717, 1.165) is 36.4 Å². The number of nitrogens with zero attached hydrogens (tertiary/aromatic N) is 2. The number of ether oxygens (including phenoxy) is 1. The average Bonchev–Trinajstić information content (AvgIpc) is 2.90. The molecule has 94 valence electrons. The van der Waals surface area contributed by atoms with E-state index in [1.54, 1.807) is 0 Å². The summed E-state index contributed by atoms with van der Waals surface area (Å²) < 4.78 is 7.76. The molecule has 2 N–H and O–H groups in total. The van der Waals surface area contributed by atoms with Gasteiger partial charge in [0, 0.05) is 24.1 Å². The summed E-state index contributed by atoms with van der Waals surface area (Å²) in [5.41, 5.74) is 8.70. The van der Waals surface area contributed by atoms with Crippen molar-refractivity contribution in [1.29, 1.82) is 0 Å². The fourth-order valence-electron chi connectivity index (χ4n) is 2.34. The van der Waals surface area contributed by atoms with Crippen LogP contribution in [0.3, 0.4) is 0 Å². The van der Waals surface area contributed by atoms with Crippen LogP contribution in [-0.4, -0.2) is 16.4 Å². The number of anilines is 1. The molecule has 1 aromatic heterocycles. The summed E-state index contributed by atoms with van der Waals surface area (Å²) in [5, 5.41) is 4.40. The van der Waals surface area contributed by atoms with Gasteiger partial charge in [-0.25, -0.2) is 4.68 Å². The summed E-state index contributed by atoms with van der Waals surface area (Å²) in [6.45, 7) is 0.825. The highest BCUT2D eigenvalue weighted by Crippen LogP contribution is 2.28. The molecule has 1 atom stereocenters. The van der Waals surface area contributed by atoms with Crippen LogP contribution in [0.1, 0.15) is 25.5 Å². The first-order chi connectivity index (χ1) is 8.84. The van der Waals surface area contributed by atoms with Gasteiger partial charge in [0.05, 0.1) is 5.69 Å². The molecule has 0 radical (unpaired) electrons. The van der Waals surface area contributed by atoms with E-state index in [1.165, 1.54) is 6.42 Å². The van der Waals surface area contributed by atoms with Crippen molar-refractivity contribution in [3.63, 3.8) is 0 Å². The molecule has 0 aliphatic carbocycles. The van der Waals surface area contributed by atoms with Crippen LogP contribution in [0.15, 0.2) is 36.5 Å². The first-order valence-corrected chi connectivity index (χ1v) is 6.35. The number of benzene rings is 1. The largest absolute Gasteiger partial charge is 0.399 e. The molecular formula is C14H17N3O. The molecule has 1 aromatic carbocycles. The molecular weight excluding hydrogens is 226 g/mol. The third kappa shape index (κ3) is 2.11. The molecule has 0 saturated carbocycles. The van der Waals surface area contributed by atoms with Crippen LogP contribution in [0.25, 0.3) is 11.3 Å². The number of hydrogen-bond acceptors (Lipinski definition) is 3. The van der Waals surface area contributed by atoms with Crippen LogP contribution >= 0.6 is 0 Å². The Morgan fingerprint density at radius 2 is 2.00 bits per heavy atom. The topological polar surface area (TPSA) is 53.1 Å². The van der Waals surface area contributed by atoms with E-state index >= 15 is 0 Å². The SMILES string of the molecule is Nc1ccc(-c2ccnn2C2CCCCO2)cc1. The molecule has 1 aliphatic heterocycles. The van der Waals surface area contributed by atoms with E-state index in [9.17, 15) is 0 Å². The van der Waals surface area contributed by atoms with Crippen LogP contribution < -0.4 is 5.73 Å². The van der Waals surface area contributed by atoms with Gasteiger partial charge in [0.2, 0.25) is 0 Å². The number of aromatic nitrogens is 2. The summed E-state index contributed by atoms with van der Waals surface area (Å²) in [6.07, 6.45) is 5.27. The molecule has 4 heteroatoms. The predicted octanol–water partition coefficient (Wildman–Crippen LogP) is 2.83. The van der Waals surface area contributed by atoms with Gasteiger partial charge in [-0.05, 0) is 37.5 Å². The van der Waals surface area contributed by atoms with E-state index in [0.29, 0.717) is 0 Å². The maximum atomic E-state index is 5.78. The van der Waals surface area contributed by atoms with Gasteiger partial charge in [-0.3, -0.25) is 0 Å². The molecule has 2 aromatic rings. The van der Waals surface area contributed by atoms with Gasteiger partial charge in [-0.1, -0.05) is 12.1 Å². The molecule has 0 spiro atoms. The van der Waals surface area contributed by atoms with Gasteiger partial charge in [-0.2, -0.15) is 5.10 Å². The van der Waals surface area contributed by atoms with Crippen molar-refractivity contribution < 1.29 is 4.74 Å². The summed E-state index contributed by atoms with van der Waals surface area (Å²) in [5.74, 6) is 0. The van der Waals surface area contributed by atoms with E-state index < -0.39 is 0 Å². The second-order valence-electron chi connectivity index (χ2n) is 4.60. The summed E-state index contributed by atoms with van der Waals surface area (Å²) >= 11 is 0. The Morgan fingerprint density at radius 1 is 1.17 bits per heavy atom. The van der Waals surface area contributed by atoms with Crippen LogP contribution in [-0.2, 0) is 4.74 Å². The first kappa shape index (κ1) is 11.3. The Balaban J connectivity index is 1.93. The minimum atomic E-state index is 0.0707. The number of nitrogens with two attached hydrogens (primary N) is 1. The fourth-order valence-corrected chi connectivity index (χ4v) is 2.34. The lowest BCUT2D eigenvalue weighted by atomic mass is 10.1. The van der Waals surface area contributed by atoms with Crippen molar-refractivity contribution in [1.82, 2.24) is 9.78 Å². The zero-order valence-electron chi connectivity index (χ0n) is 10.2. The van der Waals surface area contributed by atoms with Gasteiger partial charge in [-0.15, -0.1) is 0 Å². The Kier molecular flexibility index (Phi) is 3.02. The molecule has 1 saturated heterocycles. The van der Waals surface area contributed by atoms with Gasteiger partial charge < -0.3 is 10.5 Å². The second kappa shape index (κ2) is 4.82. The Morgan fingerprint density at radius 3 is 2.72 bits per heavy atom.